The number of aliphatic hydroxyl groups excluding tert-OH is 1. The molecule has 0 saturated carbocycles. The maximum Gasteiger partial charge on any atom is 0.254 e. The number of hydrogen-bond donors (Lipinski definition) is 2. The van der Waals surface area contributed by atoms with Crippen LogP contribution in [-0.4, -0.2) is 33.4 Å². The standard InChI is InChI=1S/C10H17N3O2/c1-7(4-5-14)12-10(15)9-6-11-13(3)8(9)2/h6-7,14H,4-5H2,1-3H3,(H,12,15). The molecule has 1 unspecified atom stereocenters. The first kappa shape index (κ1) is 11.7. The van der Waals surface area contributed by atoms with Gasteiger partial charge in [0.15, 0.2) is 0 Å². The van der Waals surface area contributed by atoms with Crippen molar-refractivity contribution in [1.82, 2.24) is 15.1 Å². The summed E-state index contributed by atoms with van der Waals surface area (Å²) in [6.07, 6.45) is 2.11. The molecule has 0 saturated heterocycles. The minimum Gasteiger partial charge on any atom is -0.396 e. The van der Waals surface area contributed by atoms with Gasteiger partial charge in [-0.3, -0.25) is 9.48 Å². The molecular formula is C10H17N3O2. The lowest BCUT2D eigenvalue weighted by Crippen LogP contribution is -2.33. The van der Waals surface area contributed by atoms with Gasteiger partial charge in [-0.2, -0.15) is 5.10 Å². The Labute approximate surface area is 89.1 Å². The van der Waals surface area contributed by atoms with Gasteiger partial charge in [0.2, 0.25) is 0 Å². The van der Waals surface area contributed by atoms with Crippen LogP contribution in [0.3, 0.4) is 0 Å². The van der Waals surface area contributed by atoms with E-state index >= 15 is 0 Å². The Bertz CT molecular complexity index is 346. The highest BCUT2D eigenvalue weighted by Gasteiger charge is 2.14. The fourth-order valence-corrected chi connectivity index (χ4v) is 1.29. The summed E-state index contributed by atoms with van der Waals surface area (Å²) in [5, 5.41) is 15.5. The summed E-state index contributed by atoms with van der Waals surface area (Å²) >= 11 is 0. The van der Waals surface area contributed by atoms with Crippen LogP contribution < -0.4 is 5.32 Å². The Morgan fingerprint density at radius 1 is 1.73 bits per heavy atom. The molecule has 0 aliphatic rings. The second kappa shape index (κ2) is 4.93. The van der Waals surface area contributed by atoms with Crippen molar-refractivity contribution in [2.45, 2.75) is 26.3 Å². The molecule has 0 bridgehead atoms. The molecular weight excluding hydrogens is 194 g/mol. The molecule has 0 fully saturated rings. The van der Waals surface area contributed by atoms with E-state index < -0.39 is 0 Å². The summed E-state index contributed by atoms with van der Waals surface area (Å²) < 4.78 is 1.66. The molecule has 0 aliphatic heterocycles. The third kappa shape index (κ3) is 2.79. The predicted molar refractivity (Wildman–Crippen MR) is 56.6 cm³/mol. The smallest absolute Gasteiger partial charge is 0.254 e. The van der Waals surface area contributed by atoms with Gasteiger partial charge in [-0.1, -0.05) is 0 Å². The number of aliphatic hydroxyl groups is 1. The Morgan fingerprint density at radius 2 is 2.40 bits per heavy atom. The molecule has 1 aromatic heterocycles. The molecule has 0 spiro atoms. The van der Waals surface area contributed by atoms with Crippen molar-refractivity contribution in [3.05, 3.63) is 17.5 Å². The number of nitrogens with one attached hydrogen (secondary N) is 1. The molecule has 1 atom stereocenters. The molecule has 5 nitrogen and oxygen atoms in total. The molecule has 15 heavy (non-hydrogen) atoms. The van der Waals surface area contributed by atoms with Gasteiger partial charge >= 0.3 is 0 Å². The van der Waals surface area contributed by atoms with Crippen molar-refractivity contribution in [2.24, 2.45) is 7.05 Å². The maximum atomic E-state index is 11.7. The zero-order valence-electron chi connectivity index (χ0n) is 9.32. The normalized spacial score (nSPS) is 12.5. The van der Waals surface area contributed by atoms with E-state index in [-0.39, 0.29) is 18.6 Å². The summed E-state index contributed by atoms with van der Waals surface area (Å²) in [7, 11) is 1.79. The van der Waals surface area contributed by atoms with Crippen LogP contribution in [0.25, 0.3) is 0 Å². The Kier molecular flexibility index (Phi) is 3.85. The van der Waals surface area contributed by atoms with E-state index in [1.807, 2.05) is 13.8 Å². The van der Waals surface area contributed by atoms with E-state index in [0.29, 0.717) is 12.0 Å². The van der Waals surface area contributed by atoms with Gasteiger partial charge in [-0.25, -0.2) is 0 Å². The average Bonchev–Trinajstić information content (AvgIpc) is 2.48. The van der Waals surface area contributed by atoms with Crippen LogP contribution in [-0.2, 0) is 7.05 Å². The van der Waals surface area contributed by atoms with Crippen LogP contribution in [0.15, 0.2) is 6.20 Å². The van der Waals surface area contributed by atoms with Crippen LogP contribution in [0.5, 0.6) is 0 Å². The zero-order valence-corrected chi connectivity index (χ0v) is 9.32. The summed E-state index contributed by atoms with van der Waals surface area (Å²) in [5.41, 5.74) is 1.42. The average molecular weight is 211 g/mol. The second-order valence-electron chi connectivity index (χ2n) is 3.65. The highest BCUT2D eigenvalue weighted by molar-refractivity contribution is 5.95. The van der Waals surface area contributed by atoms with Crippen LogP contribution in [0.4, 0.5) is 0 Å². The SMILES string of the molecule is Cc1c(C(=O)NC(C)CCO)cnn1C. The second-order valence-corrected chi connectivity index (χ2v) is 3.65. The van der Waals surface area contributed by atoms with E-state index in [2.05, 4.69) is 10.4 Å². The van der Waals surface area contributed by atoms with E-state index in [9.17, 15) is 4.79 Å². The number of rotatable bonds is 4. The third-order valence-electron chi connectivity index (χ3n) is 2.42. The Morgan fingerprint density at radius 3 is 2.87 bits per heavy atom. The summed E-state index contributed by atoms with van der Waals surface area (Å²) in [6.45, 7) is 3.78. The van der Waals surface area contributed by atoms with Crippen LogP contribution in [0.2, 0.25) is 0 Å². The van der Waals surface area contributed by atoms with Gasteiger partial charge in [-0.15, -0.1) is 0 Å². The number of carbonyl (C=O) groups excluding carboxylic acids is 1. The number of nitrogens with zero attached hydrogens (tertiary/aromatic N) is 2. The first-order valence-corrected chi connectivity index (χ1v) is 4.96. The predicted octanol–water partition coefficient (Wildman–Crippen LogP) is 0.229. The number of hydrogen-bond acceptors (Lipinski definition) is 3. The van der Waals surface area contributed by atoms with Gasteiger partial charge in [0.25, 0.3) is 5.91 Å². The summed E-state index contributed by atoms with van der Waals surface area (Å²) in [4.78, 5) is 11.7. The van der Waals surface area contributed by atoms with Crippen LogP contribution in [0.1, 0.15) is 29.4 Å². The maximum absolute atomic E-state index is 11.7. The monoisotopic (exact) mass is 211 g/mol. The highest BCUT2D eigenvalue weighted by Crippen LogP contribution is 2.05. The molecule has 1 rings (SSSR count). The van der Waals surface area contributed by atoms with Gasteiger partial charge < -0.3 is 10.4 Å². The van der Waals surface area contributed by atoms with Crippen molar-refractivity contribution < 1.29 is 9.90 Å². The molecule has 2 N–H and O–H groups in total. The van der Waals surface area contributed by atoms with E-state index in [1.165, 1.54) is 0 Å². The lowest BCUT2D eigenvalue weighted by Gasteiger charge is -2.11. The van der Waals surface area contributed by atoms with Crippen molar-refractivity contribution in [3.63, 3.8) is 0 Å². The molecule has 0 aliphatic carbocycles. The first-order chi connectivity index (χ1) is 7.06. The molecule has 1 aromatic rings. The number of aryl methyl sites for hydroxylation is 1. The topological polar surface area (TPSA) is 67.2 Å². The largest absolute Gasteiger partial charge is 0.396 e. The Balaban J connectivity index is 2.65. The first-order valence-electron chi connectivity index (χ1n) is 4.96. The highest BCUT2D eigenvalue weighted by atomic mass is 16.3. The van der Waals surface area contributed by atoms with Crippen molar-refractivity contribution in [1.29, 1.82) is 0 Å². The third-order valence-corrected chi connectivity index (χ3v) is 2.42. The van der Waals surface area contributed by atoms with Gasteiger partial charge in [0, 0.05) is 25.4 Å². The van der Waals surface area contributed by atoms with Gasteiger partial charge in [0.05, 0.1) is 11.8 Å². The fraction of sp³-hybridized carbons (Fsp3) is 0.600. The molecule has 84 valence electrons. The van der Waals surface area contributed by atoms with Gasteiger partial charge in [-0.05, 0) is 20.3 Å². The fourth-order valence-electron chi connectivity index (χ4n) is 1.29. The lowest BCUT2D eigenvalue weighted by molar-refractivity contribution is 0.0933. The van der Waals surface area contributed by atoms with Crippen molar-refractivity contribution in [3.8, 4) is 0 Å². The van der Waals surface area contributed by atoms with Crippen LogP contribution in [0, 0.1) is 6.92 Å². The van der Waals surface area contributed by atoms with E-state index in [4.69, 9.17) is 5.11 Å². The lowest BCUT2D eigenvalue weighted by atomic mass is 10.2. The summed E-state index contributed by atoms with van der Waals surface area (Å²) in [5.74, 6) is -0.137. The quantitative estimate of drug-likeness (QED) is 0.749. The minimum atomic E-state index is -0.137. The van der Waals surface area contributed by atoms with Crippen molar-refractivity contribution in [2.75, 3.05) is 6.61 Å². The molecule has 5 heteroatoms. The number of carbonyl (C=O) groups is 1. The molecule has 1 amide bonds. The summed E-state index contributed by atoms with van der Waals surface area (Å²) in [6, 6.07) is -0.0258. The molecule has 0 aromatic carbocycles. The zero-order chi connectivity index (χ0) is 11.4. The van der Waals surface area contributed by atoms with Crippen LogP contribution >= 0.6 is 0 Å². The minimum absolute atomic E-state index is 0.0258. The van der Waals surface area contributed by atoms with E-state index in [1.54, 1.807) is 17.9 Å². The number of amides is 1. The van der Waals surface area contributed by atoms with E-state index in [0.717, 1.165) is 5.69 Å². The molecule has 1 heterocycles. The van der Waals surface area contributed by atoms with Gasteiger partial charge in [0.1, 0.15) is 0 Å². The molecule has 0 radical (unpaired) electrons. The Hall–Kier alpha value is -1.36. The number of aromatic nitrogens is 2. The van der Waals surface area contributed by atoms with Crippen molar-refractivity contribution >= 4 is 5.91 Å².